The molecule has 11 heavy (non-hydrogen) atoms. The molecule has 0 amide bonds. The Morgan fingerprint density at radius 2 is 1.55 bits per heavy atom. The normalized spacial score (nSPS) is 7.91. The third-order valence-electron chi connectivity index (χ3n) is 1.27. The molecule has 0 saturated carbocycles. The zero-order valence-electron chi connectivity index (χ0n) is 7.21. The van der Waals surface area contributed by atoms with Crippen LogP contribution in [0.5, 0.6) is 0 Å². The van der Waals surface area contributed by atoms with E-state index in [-0.39, 0.29) is 0 Å². The van der Waals surface area contributed by atoms with Gasteiger partial charge in [0.05, 0.1) is 0 Å². The molecule has 0 saturated heterocycles. The van der Waals surface area contributed by atoms with E-state index in [1.54, 1.807) is 0 Å². The average molecular weight is 186 g/mol. The van der Waals surface area contributed by atoms with Gasteiger partial charge >= 0.3 is 15.4 Å². The predicted octanol–water partition coefficient (Wildman–Crippen LogP) is 1.53. The lowest BCUT2D eigenvalue weighted by Gasteiger charge is -2.10. The van der Waals surface area contributed by atoms with Gasteiger partial charge in [-0.2, -0.15) is 0 Å². The monoisotopic (exact) mass is 185 g/mol. The number of hydrogen-bond donors (Lipinski definition) is 0. The summed E-state index contributed by atoms with van der Waals surface area (Å²) < 4.78 is 0. The fraction of sp³-hybridized carbons (Fsp3) is 0.250. The molecule has 1 aromatic rings. The van der Waals surface area contributed by atoms with Gasteiger partial charge in [0, 0.05) is 19.8 Å². The lowest BCUT2D eigenvalue weighted by molar-refractivity contribution is 1.13. The summed E-state index contributed by atoms with van der Waals surface area (Å²) >= 11 is 0.778. The van der Waals surface area contributed by atoms with Crippen molar-refractivity contribution in [2.45, 2.75) is 0 Å². The molecule has 0 aliphatic rings. The highest BCUT2D eigenvalue weighted by molar-refractivity contribution is 6.80. The molecule has 1 nitrogen and oxygen atoms in total. The molecule has 0 aliphatic heterocycles. The zero-order valence-corrected chi connectivity index (χ0v) is 9.97. The third-order valence-corrected chi connectivity index (χ3v) is 1.27. The lowest BCUT2D eigenvalue weighted by atomic mass is 10.3. The van der Waals surface area contributed by atoms with Gasteiger partial charge in [0.1, 0.15) is 0 Å². The molecule has 3 heteroatoms. The molecule has 0 aromatic heterocycles. The predicted molar refractivity (Wildman–Crippen MR) is 55.2 cm³/mol. The summed E-state index contributed by atoms with van der Waals surface area (Å²) in [5.41, 5.74) is 1.25. The molecule has 0 radical (unpaired) electrons. The van der Waals surface area contributed by atoms with Crippen LogP contribution in [0.15, 0.2) is 30.3 Å². The highest BCUT2D eigenvalue weighted by atomic mass is 35.6. The van der Waals surface area contributed by atoms with Crippen molar-refractivity contribution in [1.29, 1.82) is 0 Å². The van der Waals surface area contributed by atoms with E-state index in [1.807, 2.05) is 32.3 Å². The lowest BCUT2D eigenvalue weighted by Crippen LogP contribution is -2.07. The molecule has 0 N–H and O–H groups in total. The topological polar surface area (TPSA) is 3.24 Å². The van der Waals surface area contributed by atoms with Gasteiger partial charge < -0.3 is 4.90 Å². The minimum Gasteiger partial charge on any atom is -0.378 e. The first-order valence-electron chi connectivity index (χ1n) is 3.41. The number of nitrogens with zero attached hydrogens (tertiary/aromatic N) is 1. The Morgan fingerprint density at radius 3 is 1.82 bits per heavy atom. The molecular weight excluding hydrogens is 173 g/mol. The molecule has 0 fully saturated rings. The number of benzene rings is 1. The van der Waals surface area contributed by atoms with Crippen LogP contribution >= 0.6 is 10.0 Å². The molecular formula is C8H13AlClN. The van der Waals surface area contributed by atoms with Gasteiger partial charge in [-0.05, 0) is 12.1 Å². The Bertz CT molecular complexity index is 177. The molecule has 0 bridgehead atoms. The summed E-state index contributed by atoms with van der Waals surface area (Å²) in [6.07, 6.45) is 0. The molecule has 0 heterocycles. The van der Waals surface area contributed by atoms with Gasteiger partial charge in [-0.25, -0.2) is 0 Å². The number of rotatable bonds is 1. The molecule has 1 aromatic carbocycles. The van der Waals surface area contributed by atoms with Crippen molar-refractivity contribution >= 4 is 31.1 Å². The summed E-state index contributed by atoms with van der Waals surface area (Å²) in [4.78, 5) is 2.08. The Hall–Kier alpha value is -0.158. The molecule has 1 rings (SSSR count). The maximum Gasteiger partial charge on any atom is 0.353 e. The van der Waals surface area contributed by atoms with Crippen molar-refractivity contribution in [2.75, 3.05) is 19.0 Å². The number of halogens is 1. The summed E-state index contributed by atoms with van der Waals surface area (Å²) in [5.74, 6) is 0. The van der Waals surface area contributed by atoms with Crippen LogP contribution < -0.4 is 4.90 Å². The second-order valence-electron chi connectivity index (χ2n) is 2.23. The maximum absolute atomic E-state index is 4.78. The number of para-hydroxylation sites is 1. The van der Waals surface area contributed by atoms with Crippen molar-refractivity contribution < 1.29 is 0 Å². The van der Waals surface area contributed by atoms with E-state index in [0.717, 1.165) is 15.4 Å². The van der Waals surface area contributed by atoms with Gasteiger partial charge in [-0.3, -0.25) is 10.0 Å². The fourth-order valence-corrected chi connectivity index (χ4v) is 0.726. The van der Waals surface area contributed by atoms with Crippen molar-refractivity contribution in [1.82, 2.24) is 0 Å². The van der Waals surface area contributed by atoms with Gasteiger partial charge in [0.25, 0.3) is 0 Å². The Balaban J connectivity index is 0.000000461. The Labute approximate surface area is 80.6 Å². The van der Waals surface area contributed by atoms with Gasteiger partial charge in [0.2, 0.25) is 0 Å². The highest BCUT2D eigenvalue weighted by Crippen LogP contribution is 2.07. The van der Waals surface area contributed by atoms with E-state index in [1.165, 1.54) is 5.69 Å². The van der Waals surface area contributed by atoms with Crippen LogP contribution in [-0.2, 0) is 0 Å². The van der Waals surface area contributed by atoms with Crippen molar-refractivity contribution in [3.05, 3.63) is 30.3 Å². The SMILES string of the molecule is CN(C)c1ccccc1.[AlH2][Cl]. The first-order chi connectivity index (χ1) is 5.30. The van der Waals surface area contributed by atoms with E-state index < -0.39 is 0 Å². The molecule has 0 unspecified atom stereocenters. The van der Waals surface area contributed by atoms with E-state index in [4.69, 9.17) is 10.0 Å². The van der Waals surface area contributed by atoms with Crippen molar-refractivity contribution in [3.8, 4) is 0 Å². The van der Waals surface area contributed by atoms with Crippen molar-refractivity contribution in [2.24, 2.45) is 0 Å². The molecule has 60 valence electrons. The van der Waals surface area contributed by atoms with Crippen LogP contribution in [0.4, 0.5) is 5.69 Å². The smallest absolute Gasteiger partial charge is 0.353 e. The van der Waals surface area contributed by atoms with Gasteiger partial charge in [-0.1, -0.05) is 18.2 Å². The standard InChI is InChI=1S/C8H11N.Al.ClH.2H/c1-9(2)8-6-4-3-5-7-8;;;;/h3-7H,1-2H3;;1H;;/q;+1;;;/p-1. The van der Waals surface area contributed by atoms with E-state index >= 15 is 0 Å². The minimum absolute atomic E-state index is 0.778. The summed E-state index contributed by atoms with van der Waals surface area (Å²) in [6, 6.07) is 10.3. The Morgan fingerprint density at radius 1 is 1.09 bits per heavy atom. The maximum atomic E-state index is 4.78. The molecule has 0 spiro atoms. The highest BCUT2D eigenvalue weighted by Gasteiger charge is 1.87. The first-order valence-corrected chi connectivity index (χ1v) is 6.43. The zero-order chi connectivity index (χ0) is 8.69. The summed E-state index contributed by atoms with van der Waals surface area (Å²) in [6.45, 7) is 0. The van der Waals surface area contributed by atoms with Crippen LogP contribution in [-0.4, -0.2) is 29.5 Å². The van der Waals surface area contributed by atoms with E-state index in [0.29, 0.717) is 0 Å². The van der Waals surface area contributed by atoms with Gasteiger partial charge in [-0.15, -0.1) is 0 Å². The van der Waals surface area contributed by atoms with E-state index in [9.17, 15) is 0 Å². The van der Waals surface area contributed by atoms with Crippen molar-refractivity contribution in [3.63, 3.8) is 0 Å². The van der Waals surface area contributed by atoms with Gasteiger partial charge in [0.15, 0.2) is 0 Å². The average Bonchev–Trinajstić information content (AvgIpc) is 2.10. The quantitative estimate of drug-likeness (QED) is 0.600. The second kappa shape index (κ2) is 6.55. The second-order valence-corrected chi connectivity index (χ2v) is 2.23. The number of anilines is 1. The molecule has 0 atom stereocenters. The first kappa shape index (κ1) is 10.8. The van der Waals surface area contributed by atoms with Crippen LogP contribution in [0.2, 0.25) is 0 Å². The third kappa shape index (κ3) is 4.32. The minimum atomic E-state index is 0.778. The largest absolute Gasteiger partial charge is 0.378 e. The van der Waals surface area contributed by atoms with E-state index in [2.05, 4.69) is 17.0 Å². The number of hydrogen-bond acceptors (Lipinski definition) is 1. The fourth-order valence-electron chi connectivity index (χ4n) is 0.726. The molecule has 0 aliphatic carbocycles. The van der Waals surface area contributed by atoms with Crippen LogP contribution in [0.1, 0.15) is 0 Å². The van der Waals surface area contributed by atoms with Crippen LogP contribution in [0.25, 0.3) is 0 Å². The Kier molecular flexibility index (Phi) is 6.45. The summed E-state index contributed by atoms with van der Waals surface area (Å²) in [7, 11) is 8.85. The summed E-state index contributed by atoms with van der Waals surface area (Å²) in [5, 5.41) is 0. The van der Waals surface area contributed by atoms with Crippen LogP contribution in [0, 0.1) is 0 Å². The van der Waals surface area contributed by atoms with Crippen LogP contribution in [0.3, 0.4) is 0 Å².